The summed E-state index contributed by atoms with van der Waals surface area (Å²) in [7, 11) is -0.670. The summed E-state index contributed by atoms with van der Waals surface area (Å²) in [5, 5.41) is 0.767. The van der Waals surface area contributed by atoms with Crippen molar-refractivity contribution in [2.75, 3.05) is 24.6 Å². The molecule has 1 fully saturated rings. The summed E-state index contributed by atoms with van der Waals surface area (Å²) in [6, 6.07) is 8.06. The van der Waals surface area contributed by atoms with Crippen molar-refractivity contribution in [2.45, 2.75) is 25.4 Å². The van der Waals surface area contributed by atoms with Crippen molar-refractivity contribution in [3.8, 4) is 0 Å². The van der Waals surface area contributed by atoms with Gasteiger partial charge in [-0.1, -0.05) is 36.7 Å². The van der Waals surface area contributed by atoms with Crippen molar-refractivity contribution in [3.63, 3.8) is 0 Å². The van der Waals surface area contributed by atoms with Crippen LogP contribution in [0.5, 0.6) is 0 Å². The lowest BCUT2D eigenvalue weighted by Crippen LogP contribution is -2.46. The maximum Gasteiger partial charge on any atom is 0.0514 e. The highest BCUT2D eigenvalue weighted by Crippen LogP contribution is 2.31. The van der Waals surface area contributed by atoms with Gasteiger partial charge >= 0.3 is 0 Å². The fraction of sp³-hybridized carbons (Fsp3) is 0.571. The van der Waals surface area contributed by atoms with E-state index in [-0.39, 0.29) is 12.1 Å². The Balaban J connectivity index is 2.26. The van der Waals surface area contributed by atoms with Gasteiger partial charge in [-0.25, -0.2) is 0 Å². The second-order valence-corrected chi connectivity index (χ2v) is 7.03. The van der Waals surface area contributed by atoms with Crippen LogP contribution in [0.4, 0.5) is 0 Å². The summed E-state index contributed by atoms with van der Waals surface area (Å²) in [5.41, 5.74) is 7.40. The molecular weight excluding hydrogens is 280 g/mol. The molecule has 2 atom stereocenters. The molecule has 2 rings (SSSR count). The Labute approximate surface area is 122 Å². The molecule has 1 aromatic rings. The van der Waals surface area contributed by atoms with Gasteiger partial charge in [0, 0.05) is 46.5 Å². The number of nitrogens with two attached hydrogens (primary N) is 1. The average molecular weight is 301 g/mol. The Bertz CT molecular complexity index is 445. The lowest BCUT2D eigenvalue weighted by molar-refractivity contribution is 0.185. The summed E-state index contributed by atoms with van der Waals surface area (Å²) >= 11 is 6.33. The minimum absolute atomic E-state index is 0.0476. The number of halogens is 1. The smallest absolute Gasteiger partial charge is 0.0514 e. The van der Waals surface area contributed by atoms with Crippen LogP contribution in [-0.4, -0.2) is 39.7 Å². The van der Waals surface area contributed by atoms with E-state index in [0.717, 1.165) is 41.6 Å². The molecule has 0 saturated carbocycles. The maximum atomic E-state index is 11.5. The maximum absolute atomic E-state index is 11.5. The van der Waals surface area contributed by atoms with Crippen molar-refractivity contribution in [1.82, 2.24) is 4.90 Å². The first-order chi connectivity index (χ1) is 9.13. The van der Waals surface area contributed by atoms with E-state index in [1.165, 1.54) is 0 Å². The molecule has 1 aromatic carbocycles. The predicted octanol–water partition coefficient (Wildman–Crippen LogP) is 2.18. The van der Waals surface area contributed by atoms with Crippen LogP contribution in [0.3, 0.4) is 0 Å². The van der Waals surface area contributed by atoms with Crippen LogP contribution in [0, 0.1) is 0 Å². The third-order valence-corrected chi connectivity index (χ3v) is 5.33. The van der Waals surface area contributed by atoms with Crippen molar-refractivity contribution >= 4 is 22.4 Å². The summed E-state index contributed by atoms with van der Waals surface area (Å²) < 4.78 is 11.5. The van der Waals surface area contributed by atoms with E-state index in [0.29, 0.717) is 0 Å². The lowest BCUT2D eigenvalue weighted by Gasteiger charge is -2.38. The van der Waals surface area contributed by atoms with Gasteiger partial charge in [0.15, 0.2) is 0 Å². The normalized spacial score (nSPS) is 21.2. The molecule has 0 radical (unpaired) electrons. The van der Waals surface area contributed by atoms with Gasteiger partial charge in [-0.15, -0.1) is 0 Å². The van der Waals surface area contributed by atoms with E-state index < -0.39 is 10.8 Å². The summed E-state index contributed by atoms with van der Waals surface area (Å²) in [6.45, 7) is 3.75. The number of benzene rings is 1. The molecule has 0 aromatic heterocycles. The molecule has 2 N–H and O–H groups in total. The van der Waals surface area contributed by atoms with Crippen LogP contribution in [-0.2, 0) is 10.8 Å². The summed E-state index contributed by atoms with van der Waals surface area (Å²) in [5.74, 6) is 1.47. The zero-order valence-corrected chi connectivity index (χ0v) is 12.8. The first-order valence-corrected chi connectivity index (χ1v) is 8.59. The fourth-order valence-electron chi connectivity index (χ4n) is 2.57. The number of hydrogen-bond acceptors (Lipinski definition) is 3. The molecule has 1 saturated heterocycles. The molecule has 1 aliphatic heterocycles. The second-order valence-electron chi connectivity index (χ2n) is 4.92. The Hall–Kier alpha value is -0.420. The minimum atomic E-state index is -0.670. The predicted molar refractivity (Wildman–Crippen MR) is 81.9 cm³/mol. The van der Waals surface area contributed by atoms with Crippen LogP contribution < -0.4 is 5.73 Å². The zero-order chi connectivity index (χ0) is 13.8. The Morgan fingerprint density at radius 2 is 2.00 bits per heavy atom. The van der Waals surface area contributed by atoms with E-state index in [4.69, 9.17) is 17.3 Å². The van der Waals surface area contributed by atoms with Crippen LogP contribution in [0.15, 0.2) is 24.3 Å². The molecule has 1 heterocycles. The molecule has 0 bridgehead atoms. The number of hydrogen-bond donors (Lipinski definition) is 1. The highest BCUT2D eigenvalue weighted by atomic mass is 35.5. The molecule has 106 valence electrons. The topological polar surface area (TPSA) is 46.3 Å². The van der Waals surface area contributed by atoms with Gasteiger partial charge in [-0.3, -0.25) is 9.11 Å². The van der Waals surface area contributed by atoms with Gasteiger partial charge in [0.1, 0.15) is 0 Å². The fourth-order valence-corrected chi connectivity index (χ4v) is 3.89. The van der Waals surface area contributed by atoms with Crippen LogP contribution in [0.2, 0.25) is 5.02 Å². The Morgan fingerprint density at radius 1 is 1.37 bits per heavy atom. The molecule has 0 spiro atoms. The second kappa shape index (κ2) is 6.84. The van der Waals surface area contributed by atoms with Crippen molar-refractivity contribution in [1.29, 1.82) is 0 Å². The van der Waals surface area contributed by atoms with Gasteiger partial charge < -0.3 is 5.73 Å². The molecule has 1 aliphatic rings. The van der Waals surface area contributed by atoms with Crippen LogP contribution >= 0.6 is 11.6 Å². The SMILES string of the molecule is CCC(N)C(c1ccccc1Cl)N1CCS(=O)CC1. The van der Waals surface area contributed by atoms with Gasteiger partial charge in [0.25, 0.3) is 0 Å². The molecule has 3 nitrogen and oxygen atoms in total. The van der Waals surface area contributed by atoms with E-state index in [1.807, 2.05) is 24.3 Å². The van der Waals surface area contributed by atoms with E-state index in [2.05, 4.69) is 11.8 Å². The van der Waals surface area contributed by atoms with Crippen LogP contribution in [0.1, 0.15) is 24.9 Å². The molecule has 2 unspecified atom stereocenters. The van der Waals surface area contributed by atoms with Crippen molar-refractivity contribution in [3.05, 3.63) is 34.9 Å². The van der Waals surface area contributed by atoms with Gasteiger partial charge in [-0.05, 0) is 18.1 Å². The first kappa shape index (κ1) is 15.0. The Kier molecular flexibility index (Phi) is 5.39. The summed E-state index contributed by atoms with van der Waals surface area (Å²) in [6.07, 6.45) is 0.898. The van der Waals surface area contributed by atoms with Crippen molar-refractivity contribution in [2.24, 2.45) is 5.73 Å². The molecule has 5 heteroatoms. The quantitative estimate of drug-likeness (QED) is 0.927. The highest BCUT2D eigenvalue weighted by molar-refractivity contribution is 7.85. The Morgan fingerprint density at radius 3 is 2.58 bits per heavy atom. The lowest BCUT2D eigenvalue weighted by atomic mass is 9.96. The monoisotopic (exact) mass is 300 g/mol. The minimum Gasteiger partial charge on any atom is -0.326 e. The van der Waals surface area contributed by atoms with E-state index in [1.54, 1.807) is 0 Å². The van der Waals surface area contributed by atoms with E-state index in [9.17, 15) is 4.21 Å². The molecule has 19 heavy (non-hydrogen) atoms. The summed E-state index contributed by atoms with van der Waals surface area (Å²) in [4.78, 5) is 2.33. The van der Waals surface area contributed by atoms with Crippen molar-refractivity contribution < 1.29 is 4.21 Å². The number of rotatable bonds is 4. The van der Waals surface area contributed by atoms with Gasteiger partial charge in [0.05, 0.1) is 6.04 Å². The van der Waals surface area contributed by atoms with Gasteiger partial charge in [0.2, 0.25) is 0 Å². The third kappa shape index (κ3) is 3.57. The third-order valence-electron chi connectivity index (χ3n) is 3.71. The number of nitrogens with zero attached hydrogens (tertiary/aromatic N) is 1. The van der Waals surface area contributed by atoms with Crippen LogP contribution in [0.25, 0.3) is 0 Å². The average Bonchev–Trinajstić information content (AvgIpc) is 2.43. The standard InChI is InChI=1S/C14H21ClN2OS/c1-2-13(16)14(11-5-3-4-6-12(11)15)17-7-9-19(18)10-8-17/h3-6,13-14H,2,7-10,16H2,1H3. The highest BCUT2D eigenvalue weighted by Gasteiger charge is 2.29. The zero-order valence-electron chi connectivity index (χ0n) is 11.2. The van der Waals surface area contributed by atoms with E-state index >= 15 is 0 Å². The molecule has 0 aliphatic carbocycles. The van der Waals surface area contributed by atoms with Gasteiger partial charge in [-0.2, -0.15) is 0 Å². The molecular formula is C14H21ClN2OS. The largest absolute Gasteiger partial charge is 0.326 e. The first-order valence-electron chi connectivity index (χ1n) is 6.72. The molecule has 0 amide bonds.